The second-order valence-corrected chi connectivity index (χ2v) is 0. The van der Waals surface area contributed by atoms with Crippen molar-refractivity contribution in [3.8, 4) is 0 Å². The van der Waals surface area contributed by atoms with E-state index in [1.807, 2.05) is 0 Å². The van der Waals surface area contributed by atoms with E-state index < -0.39 is 0 Å². The Kier molecular flexibility index (Phi) is 157. The van der Waals surface area contributed by atoms with Crippen molar-refractivity contribution in [2.24, 2.45) is 0 Å². The van der Waals surface area contributed by atoms with Gasteiger partial charge in [-0.2, -0.15) is 0 Å². The van der Waals surface area contributed by atoms with Gasteiger partial charge in [-0.1, -0.05) is 0 Å². The zero-order valence-corrected chi connectivity index (χ0v) is 2.73. The summed E-state index contributed by atoms with van der Waals surface area (Å²) in [4.78, 5) is 0. The van der Waals surface area contributed by atoms with Crippen LogP contribution in [0.4, 0.5) is 0 Å². The smallest absolute Gasteiger partial charge is 3.00 e. The van der Waals surface area contributed by atoms with Gasteiger partial charge in [0.1, 0.15) is 0 Å². The fourth-order valence-electron chi connectivity index (χ4n) is 0. The van der Waals surface area contributed by atoms with Crippen LogP contribution < -0.4 is 0 Å². The first-order valence-corrected chi connectivity index (χ1v) is 0. The Morgan fingerprint density at radius 3 is 0.500 bits per heavy atom. The summed E-state index contributed by atoms with van der Waals surface area (Å²) in [7, 11) is 0. The number of hydrogen-bond donors (Lipinski definition) is 0. The summed E-state index contributed by atoms with van der Waals surface area (Å²) >= 11 is 0. The van der Waals surface area contributed by atoms with Crippen molar-refractivity contribution < 1.29 is 20.1 Å². The topological polar surface area (TPSA) is 0 Å². The molecule has 0 saturated heterocycles. The quantitative estimate of drug-likeness (QED) is 0.341. The van der Waals surface area contributed by atoms with E-state index in [0.717, 1.165) is 0 Å². The van der Waals surface area contributed by atoms with Crippen molar-refractivity contribution in [1.82, 2.24) is 0 Å². The van der Waals surface area contributed by atoms with Crippen LogP contribution >= 0.6 is 0 Å². The molecule has 0 spiro atoms. The van der Waals surface area contributed by atoms with Gasteiger partial charge in [-0.15, -0.1) is 0 Å². The molecule has 0 radical (unpaired) electrons. The molecule has 0 bridgehead atoms. The fourth-order valence-corrected chi connectivity index (χ4v) is 0. The summed E-state index contributed by atoms with van der Waals surface area (Å²) in [6.45, 7) is 0. The minimum Gasteiger partial charge on any atom is 3.00 e. The Bertz CT molecular complexity index is 3.25. The molecule has 4 heavy (non-hydrogen) atoms. The monoisotopic (exact) mass is 430 g/mol. The van der Waals surface area contributed by atoms with Gasteiger partial charge in [0.05, 0.1) is 0 Å². The van der Waals surface area contributed by atoms with Gasteiger partial charge in [-0.25, -0.2) is 0 Å². The molecule has 0 aromatic heterocycles. The summed E-state index contributed by atoms with van der Waals surface area (Å²) in [5.41, 5.74) is 0. The summed E-state index contributed by atoms with van der Waals surface area (Å²) in [5, 5.41) is 0. The average Bonchev–Trinajstić information content (AvgIpc) is 0. The largest absolute Gasteiger partial charge is 3.00 e. The molecule has 0 aliphatic heterocycles. The van der Waals surface area contributed by atoms with Gasteiger partial charge in [0.15, 0.2) is 0 Å². The molecule has 0 fully saturated rings. The molecule has 0 aliphatic carbocycles. The zero-order chi connectivity index (χ0) is 0. The van der Waals surface area contributed by atoms with Crippen molar-refractivity contribution in [3.63, 3.8) is 0 Å². The molecule has 0 atom stereocenters. The Labute approximate surface area is 72.1 Å². The first-order chi connectivity index (χ1) is 0. The Hall–Kier alpha value is 2.28. The third kappa shape index (κ3) is 8.86. The van der Waals surface area contributed by atoms with E-state index >= 15 is 0 Å². The zero-order valence-electron chi connectivity index (χ0n) is 0.333. The molecule has 0 rings (SSSR count). The third-order valence-corrected chi connectivity index (χ3v) is 0. The molecule has 0 nitrogen and oxygen atoms in total. The summed E-state index contributed by atoms with van der Waals surface area (Å²) < 4.78 is 0. The van der Waals surface area contributed by atoms with E-state index in [0.29, 0.717) is 0 Å². The number of rotatable bonds is 0. The van der Waals surface area contributed by atoms with E-state index in [1.54, 1.807) is 0 Å². The van der Waals surface area contributed by atoms with Crippen molar-refractivity contribution in [1.29, 1.82) is 0 Å². The van der Waals surface area contributed by atoms with Gasteiger partial charge in [0.25, 0.3) is 0 Å². The molecular formula is H15Ge3Ir. The summed E-state index contributed by atoms with van der Waals surface area (Å²) in [6.07, 6.45) is 0. The maximum absolute atomic E-state index is 0. The Balaban J connectivity index is 0. The van der Waals surface area contributed by atoms with Gasteiger partial charge in [-0.05, 0) is 0 Å². The van der Waals surface area contributed by atoms with E-state index in [9.17, 15) is 0 Å². The minimum absolute atomic E-state index is 0. The van der Waals surface area contributed by atoms with Crippen LogP contribution in [-0.4, -0.2) is 52.8 Å². The van der Waals surface area contributed by atoms with Gasteiger partial charge in [0.2, 0.25) is 0 Å². The Morgan fingerprint density at radius 1 is 0.500 bits per heavy atom. The summed E-state index contributed by atoms with van der Waals surface area (Å²) in [5.74, 6) is 0. The van der Waals surface area contributed by atoms with E-state index in [4.69, 9.17) is 0 Å². The van der Waals surface area contributed by atoms with Gasteiger partial charge in [0, 0.05) is 0 Å². The maximum Gasteiger partial charge on any atom is 3.00 e. The molecule has 0 aromatic rings. The predicted octanol–water partition coefficient (Wildman–Crippen LogP) is -5.16. The maximum atomic E-state index is 0. The van der Waals surface area contributed by atoms with Crippen LogP contribution in [0.5, 0.6) is 0 Å². The van der Waals surface area contributed by atoms with Crippen molar-refractivity contribution in [2.45, 2.75) is 0 Å². The van der Waals surface area contributed by atoms with E-state index in [-0.39, 0.29) is 72.9 Å². The van der Waals surface area contributed by atoms with Crippen LogP contribution in [0.1, 0.15) is 0 Å². The number of hydrogen-bond acceptors (Lipinski definition) is 0. The normalized spacial score (nSPS) is 0. The molecule has 0 unspecified atom stereocenters. The van der Waals surface area contributed by atoms with E-state index in [1.165, 1.54) is 0 Å². The van der Waals surface area contributed by atoms with Crippen LogP contribution in [0.3, 0.4) is 0 Å². The van der Waals surface area contributed by atoms with Crippen LogP contribution in [0.2, 0.25) is 0 Å². The standard InChI is InChI=1S/3GeH5.Ir/h3*1H5;/q3*-1;+3. The first-order valence-electron chi connectivity index (χ1n) is 0. The van der Waals surface area contributed by atoms with Gasteiger partial charge in [-0.3, -0.25) is 0 Å². The molecule has 0 N–H and O–H groups in total. The predicted molar refractivity (Wildman–Crippen MR) is 38.2 cm³/mol. The third-order valence-electron chi connectivity index (χ3n) is 0. The van der Waals surface area contributed by atoms with Crippen LogP contribution in [0.15, 0.2) is 0 Å². The molecule has 0 aliphatic rings. The van der Waals surface area contributed by atoms with E-state index in [2.05, 4.69) is 0 Å². The molecular weight excluding hydrogens is 410 g/mol. The first kappa shape index (κ1) is 33.7. The molecule has 36 valence electrons. The van der Waals surface area contributed by atoms with Crippen LogP contribution in [0.25, 0.3) is 0 Å². The average molecular weight is 425 g/mol. The Morgan fingerprint density at radius 2 is 0.500 bits per heavy atom. The van der Waals surface area contributed by atoms with Gasteiger partial charge < -0.3 is 0 Å². The fraction of sp³-hybridized carbons (Fsp3) is 0. The van der Waals surface area contributed by atoms with Crippen molar-refractivity contribution in [3.05, 3.63) is 0 Å². The van der Waals surface area contributed by atoms with Crippen molar-refractivity contribution in [2.75, 3.05) is 0 Å². The van der Waals surface area contributed by atoms with Crippen LogP contribution in [-0.2, 0) is 20.1 Å². The molecule has 4 heteroatoms. The summed E-state index contributed by atoms with van der Waals surface area (Å²) in [6, 6.07) is 0. The molecule has 0 heterocycles. The molecule has 0 saturated carbocycles. The van der Waals surface area contributed by atoms with Crippen LogP contribution in [0, 0.1) is 0 Å². The second kappa shape index (κ2) is 18.6. The molecule has 0 amide bonds. The minimum atomic E-state index is 0. The van der Waals surface area contributed by atoms with Gasteiger partial charge >= 0.3 is 72.9 Å². The molecule has 0 aromatic carbocycles. The van der Waals surface area contributed by atoms with Crippen molar-refractivity contribution >= 4 is 52.8 Å². The second-order valence-electron chi connectivity index (χ2n) is 0. The SMILES string of the molecule is [GeH5-].[GeH5-].[GeH5-].[Ir+3].